The number of nitrogens with zero attached hydrogens (tertiary/aromatic N) is 5. The summed E-state index contributed by atoms with van der Waals surface area (Å²) in [7, 11) is 1.95. The lowest BCUT2D eigenvalue weighted by atomic mass is 10.1. The van der Waals surface area contributed by atoms with Gasteiger partial charge < -0.3 is 15.1 Å². The molecule has 2 aliphatic rings. The van der Waals surface area contributed by atoms with Gasteiger partial charge in [-0.25, -0.2) is 18.7 Å². The average molecular weight is 382 g/mol. The Hall–Kier alpha value is -2.03. The minimum absolute atomic E-state index is 0.0252. The molecule has 9 heteroatoms. The van der Waals surface area contributed by atoms with Crippen LogP contribution in [0.25, 0.3) is 0 Å². The van der Waals surface area contributed by atoms with Crippen LogP contribution in [-0.2, 0) is 4.79 Å². The summed E-state index contributed by atoms with van der Waals surface area (Å²) in [6.45, 7) is 6.42. The summed E-state index contributed by atoms with van der Waals surface area (Å²) in [5.41, 5.74) is 0. The Bertz CT molecular complexity index is 655. The number of likely N-dealkylation sites (N-methyl/N-ethyl adjacent to an activating group) is 1. The third kappa shape index (κ3) is 5.03. The molecule has 0 radical (unpaired) electrons. The molecule has 0 aliphatic carbocycles. The van der Waals surface area contributed by atoms with Crippen LogP contribution in [0.3, 0.4) is 0 Å². The van der Waals surface area contributed by atoms with E-state index >= 15 is 0 Å². The minimum Gasteiger partial charge on any atom is -0.356 e. The van der Waals surface area contributed by atoms with Gasteiger partial charge in [0.25, 0.3) is 5.92 Å². The molecule has 150 valence electrons. The maximum Gasteiger partial charge on any atom is 0.251 e. The Morgan fingerprint density at radius 2 is 1.85 bits per heavy atom. The predicted molar refractivity (Wildman–Crippen MR) is 100 cm³/mol. The number of rotatable bonds is 6. The van der Waals surface area contributed by atoms with Gasteiger partial charge in [-0.05, 0) is 20.9 Å². The van der Waals surface area contributed by atoms with E-state index in [2.05, 4.69) is 20.2 Å². The van der Waals surface area contributed by atoms with Gasteiger partial charge in [-0.2, -0.15) is 0 Å². The molecule has 0 atom stereocenters. The maximum absolute atomic E-state index is 13.3. The molecular weight excluding hydrogens is 354 g/mol. The van der Waals surface area contributed by atoms with Crippen LogP contribution in [0.1, 0.15) is 26.7 Å². The number of carbonyl (C=O) groups excluding carboxylic acids is 1. The van der Waals surface area contributed by atoms with E-state index in [-0.39, 0.29) is 30.8 Å². The average Bonchev–Trinajstić information content (AvgIpc) is 2.52. The van der Waals surface area contributed by atoms with E-state index < -0.39 is 5.92 Å². The molecule has 2 saturated heterocycles. The van der Waals surface area contributed by atoms with Crippen LogP contribution in [0.15, 0.2) is 12.4 Å². The number of alkyl halides is 2. The van der Waals surface area contributed by atoms with E-state index in [4.69, 9.17) is 0 Å². The first-order valence-electron chi connectivity index (χ1n) is 9.43. The standard InChI is InChI=1S/C18H28F2N6O/c1-13(2)23-17(27)11-24(3)14-9-26(10-14)16-8-15(21-12-22-16)25-6-4-18(19,20)5-7-25/h8,12-14H,4-7,9-11H2,1-3H3,(H,23,27). The lowest BCUT2D eigenvalue weighted by Gasteiger charge is -2.44. The molecular formula is C18H28F2N6O. The molecule has 1 amide bonds. The molecule has 2 aliphatic heterocycles. The zero-order chi connectivity index (χ0) is 19.6. The van der Waals surface area contributed by atoms with Crippen LogP contribution in [0.2, 0.25) is 0 Å². The second kappa shape index (κ2) is 7.92. The molecule has 1 aromatic heterocycles. The van der Waals surface area contributed by atoms with Gasteiger partial charge in [0.2, 0.25) is 5.91 Å². The van der Waals surface area contributed by atoms with Crippen molar-refractivity contribution in [2.75, 3.05) is 49.6 Å². The summed E-state index contributed by atoms with van der Waals surface area (Å²) in [4.78, 5) is 26.5. The highest BCUT2D eigenvalue weighted by Crippen LogP contribution is 2.31. The predicted octanol–water partition coefficient (Wildman–Crippen LogP) is 1.36. The van der Waals surface area contributed by atoms with E-state index in [1.54, 1.807) is 0 Å². The lowest BCUT2D eigenvalue weighted by molar-refractivity contribution is -0.123. The van der Waals surface area contributed by atoms with Gasteiger partial charge in [0.1, 0.15) is 18.0 Å². The lowest BCUT2D eigenvalue weighted by Crippen LogP contribution is -2.60. The van der Waals surface area contributed by atoms with Gasteiger partial charge >= 0.3 is 0 Å². The first-order valence-corrected chi connectivity index (χ1v) is 9.43. The van der Waals surface area contributed by atoms with Crippen LogP contribution in [0.5, 0.6) is 0 Å². The molecule has 1 N–H and O–H groups in total. The van der Waals surface area contributed by atoms with E-state index in [1.165, 1.54) is 6.33 Å². The van der Waals surface area contributed by atoms with E-state index in [1.807, 2.05) is 36.8 Å². The molecule has 1 aromatic rings. The summed E-state index contributed by atoms with van der Waals surface area (Å²) < 4.78 is 26.7. The number of nitrogens with one attached hydrogen (secondary N) is 1. The van der Waals surface area contributed by atoms with Crippen molar-refractivity contribution in [2.24, 2.45) is 0 Å². The minimum atomic E-state index is -2.57. The molecule has 0 bridgehead atoms. The first-order chi connectivity index (χ1) is 12.7. The maximum atomic E-state index is 13.3. The molecule has 3 heterocycles. The quantitative estimate of drug-likeness (QED) is 0.802. The highest BCUT2D eigenvalue weighted by atomic mass is 19.3. The summed E-state index contributed by atoms with van der Waals surface area (Å²) in [6.07, 6.45) is 1.22. The molecule has 7 nitrogen and oxygen atoms in total. The van der Waals surface area contributed by atoms with E-state index in [0.717, 1.165) is 18.9 Å². The van der Waals surface area contributed by atoms with Gasteiger partial charge in [-0.3, -0.25) is 9.69 Å². The second-order valence-electron chi connectivity index (χ2n) is 7.77. The largest absolute Gasteiger partial charge is 0.356 e. The molecule has 2 fully saturated rings. The van der Waals surface area contributed by atoms with Crippen LogP contribution in [0, 0.1) is 0 Å². The van der Waals surface area contributed by atoms with Gasteiger partial charge in [0.15, 0.2) is 0 Å². The zero-order valence-corrected chi connectivity index (χ0v) is 16.2. The molecule has 0 unspecified atom stereocenters. The Balaban J connectivity index is 1.52. The fourth-order valence-electron chi connectivity index (χ4n) is 3.39. The van der Waals surface area contributed by atoms with Crippen molar-refractivity contribution in [3.05, 3.63) is 12.4 Å². The molecule has 3 rings (SSSR count). The Kier molecular flexibility index (Phi) is 5.78. The normalized spacial score (nSPS) is 20.1. The van der Waals surface area contributed by atoms with Crippen LogP contribution >= 0.6 is 0 Å². The Morgan fingerprint density at radius 1 is 1.26 bits per heavy atom. The number of carbonyl (C=O) groups is 1. The fourth-order valence-corrected chi connectivity index (χ4v) is 3.39. The number of amides is 1. The molecule has 27 heavy (non-hydrogen) atoms. The van der Waals surface area contributed by atoms with Crippen molar-refractivity contribution in [1.82, 2.24) is 20.2 Å². The topological polar surface area (TPSA) is 64.6 Å². The van der Waals surface area contributed by atoms with Crippen molar-refractivity contribution < 1.29 is 13.6 Å². The zero-order valence-electron chi connectivity index (χ0n) is 16.2. The number of anilines is 2. The van der Waals surface area contributed by atoms with Crippen molar-refractivity contribution in [2.45, 2.75) is 44.7 Å². The van der Waals surface area contributed by atoms with Gasteiger partial charge in [0.05, 0.1) is 6.54 Å². The third-order valence-corrected chi connectivity index (χ3v) is 5.11. The molecule has 0 aromatic carbocycles. The van der Waals surface area contributed by atoms with Gasteiger partial charge in [-0.15, -0.1) is 0 Å². The van der Waals surface area contributed by atoms with Crippen molar-refractivity contribution >= 4 is 17.5 Å². The van der Waals surface area contributed by atoms with Crippen molar-refractivity contribution in [1.29, 1.82) is 0 Å². The number of piperidine rings is 1. The number of hydrogen-bond acceptors (Lipinski definition) is 6. The van der Waals surface area contributed by atoms with E-state index in [0.29, 0.717) is 25.5 Å². The molecule has 0 saturated carbocycles. The Labute approximate surface area is 158 Å². The summed E-state index contributed by atoms with van der Waals surface area (Å²) in [6, 6.07) is 2.29. The summed E-state index contributed by atoms with van der Waals surface area (Å²) in [5.74, 6) is -1.04. The van der Waals surface area contributed by atoms with Gasteiger partial charge in [-0.1, -0.05) is 0 Å². The second-order valence-corrected chi connectivity index (χ2v) is 7.77. The SMILES string of the molecule is CC(C)NC(=O)CN(C)C1CN(c2cc(N3CCC(F)(F)CC3)ncn2)C1. The fraction of sp³-hybridized carbons (Fsp3) is 0.722. The first kappa shape index (κ1) is 19.7. The number of halogens is 2. The Morgan fingerprint density at radius 3 is 2.44 bits per heavy atom. The highest BCUT2D eigenvalue weighted by Gasteiger charge is 2.35. The van der Waals surface area contributed by atoms with E-state index in [9.17, 15) is 13.6 Å². The van der Waals surface area contributed by atoms with Crippen LogP contribution in [-0.4, -0.2) is 78.6 Å². The summed E-state index contributed by atoms with van der Waals surface area (Å²) in [5, 5.41) is 2.90. The highest BCUT2D eigenvalue weighted by molar-refractivity contribution is 5.78. The van der Waals surface area contributed by atoms with Crippen molar-refractivity contribution in [3.8, 4) is 0 Å². The number of hydrogen-bond donors (Lipinski definition) is 1. The third-order valence-electron chi connectivity index (χ3n) is 5.11. The number of aromatic nitrogens is 2. The monoisotopic (exact) mass is 382 g/mol. The smallest absolute Gasteiger partial charge is 0.251 e. The van der Waals surface area contributed by atoms with Gasteiger partial charge in [0, 0.05) is 57.2 Å². The van der Waals surface area contributed by atoms with Crippen molar-refractivity contribution in [3.63, 3.8) is 0 Å². The summed E-state index contributed by atoms with van der Waals surface area (Å²) >= 11 is 0. The van der Waals surface area contributed by atoms with Crippen LogP contribution in [0.4, 0.5) is 20.4 Å². The molecule has 0 spiro atoms. The van der Waals surface area contributed by atoms with Crippen LogP contribution < -0.4 is 15.1 Å².